The molecule has 0 unspecified atom stereocenters. The Bertz CT molecular complexity index is 809. The van der Waals surface area contributed by atoms with Crippen LogP contribution in [0.2, 0.25) is 0 Å². The lowest BCUT2D eigenvalue weighted by molar-refractivity contribution is 0.187. The fourth-order valence-electron chi connectivity index (χ4n) is 3.99. The number of rotatable bonds is 4. The predicted octanol–water partition coefficient (Wildman–Crippen LogP) is 1.84. The van der Waals surface area contributed by atoms with E-state index in [-0.39, 0.29) is 5.56 Å². The number of fused-ring (bicyclic) bond motifs is 1. The van der Waals surface area contributed by atoms with E-state index >= 15 is 0 Å². The van der Waals surface area contributed by atoms with Crippen molar-refractivity contribution in [1.82, 2.24) is 14.9 Å². The third kappa shape index (κ3) is 3.67. The number of hydrogen-bond acceptors (Lipinski definition) is 4. The number of nitrogens with zero attached hydrogens (tertiary/aromatic N) is 2. The average Bonchev–Trinajstić information content (AvgIpc) is 3.10. The van der Waals surface area contributed by atoms with E-state index in [9.17, 15) is 4.79 Å². The van der Waals surface area contributed by atoms with Crippen LogP contribution in [0.4, 0.5) is 0 Å². The molecule has 5 heteroatoms. The van der Waals surface area contributed by atoms with Crippen LogP contribution >= 0.6 is 0 Å². The van der Waals surface area contributed by atoms with E-state index < -0.39 is 0 Å². The van der Waals surface area contributed by atoms with E-state index in [1.54, 1.807) is 6.07 Å². The number of pyridine rings is 2. The Balaban J connectivity index is 1.55. The summed E-state index contributed by atoms with van der Waals surface area (Å²) in [6, 6.07) is 10.6. The average molecular weight is 339 g/mol. The second-order valence-corrected chi connectivity index (χ2v) is 7.17. The summed E-state index contributed by atoms with van der Waals surface area (Å²) in [5.41, 5.74) is 4.46. The summed E-state index contributed by atoms with van der Waals surface area (Å²) in [7, 11) is 0. The van der Waals surface area contributed by atoms with E-state index in [4.69, 9.17) is 4.74 Å². The van der Waals surface area contributed by atoms with E-state index in [2.05, 4.69) is 10.3 Å². The molecule has 0 spiro atoms. The molecule has 25 heavy (non-hydrogen) atoms. The Labute approximate surface area is 148 Å². The van der Waals surface area contributed by atoms with Crippen LogP contribution in [-0.4, -0.2) is 34.8 Å². The number of ether oxygens (including phenoxy) is 1. The van der Waals surface area contributed by atoms with Gasteiger partial charge in [0.15, 0.2) is 0 Å². The molecule has 3 heterocycles. The monoisotopic (exact) mass is 339 g/mol. The van der Waals surface area contributed by atoms with Crippen molar-refractivity contribution in [1.29, 1.82) is 0 Å². The summed E-state index contributed by atoms with van der Waals surface area (Å²) in [4.78, 5) is 17.0. The summed E-state index contributed by atoms with van der Waals surface area (Å²) >= 11 is 0. The molecule has 0 bridgehead atoms. The van der Waals surface area contributed by atoms with Crippen molar-refractivity contribution in [3.8, 4) is 0 Å². The minimum Gasteiger partial charge on any atom is -0.380 e. The quantitative estimate of drug-likeness (QED) is 0.923. The van der Waals surface area contributed by atoms with Gasteiger partial charge in [0.05, 0.1) is 18.8 Å². The summed E-state index contributed by atoms with van der Waals surface area (Å²) in [5, 5.41) is 3.73. The van der Waals surface area contributed by atoms with Gasteiger partial charge in [0, 0.05) is 36.1 Å². The zero-order chi connectivity index (χ0) is 17.2. The standard InChI is InChI=1S/C20H25N3O2/c1-14-3-2-4-17(21-14)12-23-19-7-6-16(22-18-9-10-25-13-18)11-15(19)5-8-20(23)24/h2-5,8,16,18,22H,6-7,9-13H2,1H3/t16-,18+/m1/s1. The van der Waals surface area contributed by atoms with Crippen LogP contribution < -0.4 is 10.9 Å². The highest BCUT2D eigenvalue weighted by molar-refractivity contribution is 5.26. The summed E-state index contributed by atoms with van der Waals surface area (Å²) < 4.78 is 7.37. The molecule has 1 N–H and O–H groups in total. The molecule has 2 atom stereocenters. The number of hydrogen-bond donors (Lipinski definition) is 1. The normalized spacial score (nSPS) is 22.8. The van der Waals surface area contributed by atoms with Crippen molar-refractivity contribution in [2.75, 3.05) is 13.2 Å². The molecule has 0 radical (unpaired) electrons. The highest BCUT2D eigenvalue weighted by atomic mass is 16.5. The van der Waals surface area contributed by atoms with Crippen molar-refractivity contribution in [2.24, 2.45) is 0 Å². The van der Waals surface area contributed by atoms with Crippen LogP contribution in [-0.2, 0) is 24.1 Å². The molecule has 2 aromatic heterocycles. The summed E-state index contributed by atoms with van der Waals surface area (Å²) in [6.45, 7) is 4.22. The maximum absolute atomic E-state index is 12.4. The molecule has 0 aromatic carbocycles. The van der Waals surface area contributed by atoms with Crippen LogP contribution in [0.1, 0.15) is 35.5 Å². The number of aryl methyl sites for hydroxylation is 1. The van der Waals surface area contributed by atoms with Crippen molar-refractivity contribution < 1.29 is 4.74 Å². The third-order valence-electron chi connectivity index (χ3n) is 5.25. The van der Waals surface area contributed by atoms with Crippen LogP contribution in [0.15, 0.2) is 35.1 Å². The first kappa shape index (κ1) is 16.5. The van der Waals surface area contributed by atoms with Gasteiger partial charge in [-0.25, -0.2) is 0 Å². The van der Waals surface area contributed by atoms with Gasteiger partial charge in [0.1, 0.15) is 0 Å². The Morgan fingerprint density at radius 1 is 1.24 bits per heavy atom. The minimum atomic E-state index is 0.0673. The van der Waals surface area contributed by atoms with E-state index in [1.165, 1.54) is 11.3 Å². The van der Waals surface area contributed by atoms with E-state index in [0.717, 1.165) is 50.3 Å². The molecule has 1 aliphatic heterocycles. The minimum absolute atomic E-state index is 0.0673. The number of nitrogens with one attached hydrogen (secondary N) is 1. The fraction of sp³-hybridized carbons (Fsp3) is 0.500. The van der Waals surface area contributed by atoms with Crippen LogP contribution in [0.5, 0.6) is 0 Å². The largest absolute Gasteiger partial charge is 0.380 e. The smallest absolute Gasteiger partial charge is 0.251 e. The maximum Gasteiger partial charge on any atom is 0.251 e. The lowest BCUT2D eigenvalue weighted by atomic mass is 9.90. The lowest BCUT2D eigenvalue weighted by Crippen LogP contribution is -2.43. The molecule has 1 saturated heterocycles. The van der Waals surface area contributed by atoms with Crippen molar-refractivity contribution >= 4 is 0 Å². The van der Waals surface area contributed by atoms with Gasteiger partial charge in [0.25, 0.3) is 5.56 Å². The van der Waals surface area contributed by atoms with Gasteiger partial charge in [-0.05, 0) is 50.3 Å². The Morgan fingerprint density at radius 2 is 2.16 bits per heavy atom. The van der Waals surface area contributed by atoms with Crippen LogP contribution in [0.3, 0.4) is 0 Å². The molecule has 0 amide bonds. The molecule has 2 aliphatic rings. The molecule has 1 fully saturated rings. The fourth-order valence-corrected chi connectivity index (χ4v) is 3.99. The first-order valence-corrected chi connectivity index (χ1v) is 9.17. The number of aromatic nitrogens is 2. The molecular formula is C20H25N3O2. The molecule has 4 rings (SSSR count). The molecule has 0 saturated carbocycles. The highest BCUT2D eigenvalue weighted by Gasteiger charge is 2.25. The third-order valence-corrected chi connectivity index (χ3v) is 5.25. The lowest BCUT2D eigenvalue weighted by Gasteiger charge is -2.29. The maximum atomic E-state index is 12.4. The Kier molecular flexibility index (Phi) is 4.68. The van der Waals surface area contributed by atoms with Crippen molar-refractivity contribution in [3.05, 3.63) is 63.3 Å². The van der Waals surface area contributed by atoms with Gasteiger partial charge in [0.2, 0.25) is 0 Å². The van der Waals surface area contributed by atoms with E-state index in [0.29, 0.717) is 18.6 Å². The van der Waals surface area contributed by atoms with Crippen molar-refractivity contribution in [3.63, 3.8) is 0 Å². The summed E-state index contributed by atoms with van der Waals surface area (Å²) in [5.74, 6) is 0. The highest BCUT2D eigenvalue weighted by Crippen LogP contribution is 2.22. The zero-order valence-corrected chi connectivity index (χ0v) is 14.7. The zero-order valence-electron chi connectivity index (χ0n) is 14.7. The molecular weight excluding hydrogens is 314 g/mol. The molecule has 2 aromatic rings. The second-order valence-electron chi connectivity index (χ2n) is 7.17. The first-order chi connectivity index (χ1) is 12.2. The van der Waals surface area contributed by atoms with E-state index in [1.807, 2.05) is 35.8 Å². The van der Waals surface area contributed by atoms with Crippen LogP contribution in [0, 0.1) is 6.92 Å². The van der Waals surface area contributed by atoms with Gasteiger partial charge in [-0.3, -0.25) is 9.78 Å². The van der Waals surface area contributed by atoms with Crippen LogP contribution in [0.25, 0.3) is 0 Å². The van der Waals surface area contributed by atoms with Gasteiger partial charge < -0.3 is 14.6 Å². The summed E-state index contributed by atoms with van der Waals surface area (Å²) in [6.07, 6.45) is 4.08. The van der Waals surface area contributed by atoms with Gasteiger partial charge in [-0.1, -0.05) is 12.1 Å². The topological polar surface area (TPSA) is 56.2 Å². The van der Waals surface area contributed by atoms with Gasteiger partial charge in [-0.15, -0.1) is 0 Å². The molecule has 1 aliphatic carbocycles. The predicted molar refractivity (Wildman–Crippen MR) is 97.0 cm³/mol. The molecule has 5 nitrogen and oxygen atoms in total. The Hall–Kier alpha value is -1.98. The Morgan fingerprint density at radius 3 is 2.96 bits per heavy atom. The van der Waals surface area contributed by atoms with Gasteiger partial charge >= 0.3 is 0 Å². The second kappa shape index (κ2) is 7.10. The van der Waals surface area contributed by atoms with Crippen molar-refractivity contribution in [2.45, 2.75) is 51.2 Å². The first-order valence-electron chi connectivity index (χ1n) is 9.17. The SMILES string of the molecule is Cc1cccc(Cn2c3c(ccc2=O)C[C@H](N[C@H]2CCOC2)CC3)n1. The molecule has 132 valence electrons. The van der Waals surface area contributed by atoms with Gasteiger partial charge in [-0.2, -0.15) is 0 Å².